The second-order valence-electron chi connectivity index (χ2n) is 6.57. The van der Waals surface area contributed by atoms with E-state index in [1.54, 1.807) is 0 Å². The Morgan fingerprint density at radius 1 is 0.800 bits per heavy atom. The molecule has 0 aliphatic heterocycles. The molecule has 0 bridgehead atoms. The third-order valence-corrected chi connectivity index (χ3v) is 4.35. The van der Waals surface area contributed by atoms with Crippen molar-refractivity contribution in [2.24, 2.45) is 0 Å². The molecule has 1 aromatic heterocycles. The summed E-state index contributed by atoms with van der Waals surface area (Å²) in [7, 11) is 0. The van der Waals surface area contributed by atoms with Crippen molar-refractivity contribution in [1.29, 1.82) is 0 Å². The molecule has 1 nitrogen and oxygen atoms in total. The molecule has 20 heavy (non-hydrogen) atoms. The van der Waals surface area contributed by atoms with Gasteiger partial charge in [-0.3, -0.25) is 4.98 Å². The van der Waals surface area contributed by atoms with Gasteiger partial charge in [0.1, 0.15) is 0 Å². The van der Waals surface area contributed by atoms with E-state index < -0.39 is 0 Å². The summed E-state index contributed by atoms with van der Waals surface area (Å²) in [5.74, 6) is 1.10. The second-order valence-corrected chi connectivity index (χ2v) is 6.57. The van der Waals surface area contributed by atoms with Gasteiger partial charge in [0.2, 0.25) is 0 Å². The molecule has 104 valence electrons. The highest BCUT2D eigenvalue weighted by atomic mass is 14.7. The van der Waals surface area contributed by atoms with Gasteiger partial charge in [0.25, 0.3) is 0 Å². The summed E-state index contributed by atoms with van der Waals surface area (Å²) in [4.78, 5) is 4.62. The van der Waals surface area contributed by atoms with Crippen LogP contribution in [-0.2, 0) is 12.8 Å². The summed E-state index contributed by atoms with van der Waals surface area (Å²) in [5, 5.41) is 0. The lowest BCUT2D eigenvalue weighted by Gasteiger charge is -2.22. The third-order valence-electron chi connectivity index (χ3n) is 4.35. The summed E-state index contributed by atoms with van der Waals surface area (Å²) < 4.78 is 0. The highest BCUT2D eigenvalue weighted by Gasteiger charge is 2.17. The SMILES string of the molecule is CC(C)c1ccc2c(c1)Cc1cnc(C(C)C)cc1C2. The van der Waals surface area contributed by atoms with Crippen molar-refractivity contribution in [1.82, 2.24) is 4.98 Å². The van der Waals surface area contributed by atoms with Crippen LogP contribution < -0.4 is 0 Å². The Morgan fingerprint density at radius 2 is 1.50 bits per heavy atom. The van der Waals surface area contributed by atoms with E-state index in [9.17, 15) is 0 Å². The van der Waals surface area contributed by atoms with E-state index in [-0.39, 0.29) is 0 Å². The molecule has 1 heteroatoms. The number of pyridine rings is 1. The summed E-state index contributed by atoms with van der Waals surface area (Å²) in [6, 6.07) is 9.31. The zero-order valence-corrected chi connectivity index (χ0v) is 12.9. The van der Waals surface area contributed by atoms with E-state index in [0.717, 1.165) is 12.8 Å². The van der Waals surface area contributed by atoms with Gasteiger partial charge in [0.05, 0.1) is 0 Å². The molecule has 1 heterocycles. The predicted octanol–water partition coefficient (Wildman–Crippen LogP) is 4.82. The summed E-state index contributed by atoms with van der Waals surface area (Å²) >= 11 is 0. The Bertz CT molecular complexity index is 581. The van der Waals surface area contributed by atoms with Gasteiger partial charge >= 0.3 is 0 Å². The number of nitrogens with zero attached hydrogens (tertiary/aromatic N) is 1. The van der Waals surface area contributed by atoms with E-state index >= 15 is 0 Å². The van der Waals surface area contributed by atoms with Crippen molar-refractivity contribution in [2.75, 3.05) is 0 Å². The molecule has 0 spiro atoms. The van der Waals surface area contributed by atoms with Crippen LogP contribution >= 0.6 is 0 Å². The Labute approximate surface area is 122 Å². The van der Waals surface area contributed by atoms with Gasteiger partial charge in [-0.1, -0.05) is 45.9 Å². The van der Waals surface area contributed by atoms with Crippen LogP contribution in [0.3, 0.4) is 0 Å². The van der Waals surface area contributed by atoms with E-state index in [2.05, 4.69) is 63.1 Å². The van der Waals surface area contributed by atoms with E-state index in [4.69, 9.17) is 0 Å². The van der Waals surface area contributed by atoms with Gasteiger partial charge in [-0.25, -0.2) is 0 Å². The van der Waals surface area contributed by atoms with Crippen LogP contribution in [0.2, 0.25) is 0 Å². The lowest BCUT2D eigenvalue weighted by Crippen LogP contribution is -2.10. The van der Waals surface area contributed by atoms with Crippen molar-refractivity contribution in [3.05, 3.63) is 64.0 Å². The zero-order chi connectivity index (χ0) is 14.3. The standard InChI is InChI=1S/C19H23N/c1-12(2)14-5-6-15-8-17-10-19(13(3)4)20-11-18(17)9-16(15)7-14/h5-7,10-13H,8-9H2,1-4H3. The van der Waals surface area contributed by atoms with Gasteiger partial charge in [-0.2, -0.15) is 0 Å². The van der Waals surface area contributed by atoms with Crippen LogP contribution in [0.5, 0.6) is 0 Å². The number of hydrogen-bond donors (Lipinski definition) is 0. The van der Waals surface area contributed by atoms with Gasteiger partial charge in [-0.15, -0.1) is 0 Å². The lowest BCUT2D eigenvalue weighted by molar-refractivity contribution is 0.808. The molecule has 0 amide bonds. The van der Waals surface area contributed by atoms with E-state index in [1.807, 2.05) is 0 Å². The summed E-state index contributed by atoms with van der Waals surface area (Å²) in [6.07, 6.45) is 4.19. The quantitative estimate of drug-likeness (QED) is 0.647. The van der Waals surface area contributed by atoms with Gasteiger partial charge < -0.3 is 0 Å². The highest BCUT2D eigenvalue weighted by Crippen LogP contribution is 2.30. The van der Waals surface area contributed by atoms with Gasteiger partial charge in [-0.05, 0) is 58.6 Å². The normalized spacial score (nSPS) is 13.5. The van der Waals surface area contributed by atoms with E-state index in [0.29, 0.717) is 11.8 Å². The molecule has 0 radical (unpaired) electrons. The molecule has 0 atom stereocenters. The Morgan fingerprint density at radius 3 is 2.20 bits per heavy atom. The summed E-state index contributed by atoms with van der Waals surface area (Å²) in [6.45, 7) is 8.94. The minimum Gasteiger partial charge on any atom is -0.261 e. The molecule has 2 aromatic rings. The van der Waals surface area contributed by atoms with Crippen LogP contribution in [-0.4, -0.2) is 4.98 Å². The molecular formula is C19H23N. The van der Waals surface area contributed by atoms with Crippen molar-refractivity contribution in [3.8, 4) is 0 Å². The minimum atomic E-state index is 0.505. The molecule has 0 saturated heterocycles. The Balaban J connectivity index is 1.97. The number of benzene rings is 1. The number of fused-ring (bicyclic) bond motifs is 2. The zero-order valence-electron chi connectivity index (χ0n) is 12.9. The molecule has 1 aliphatic rings. The van der Waals surface area contributed by atoms with E-state index in [1.165, 1.54) is 33.5 Å². The molecular weight excluding hydrogens is 242 g/mol. The molecule has 1 aromatic carbocycles. The number of hydrogen-bond acceptors (Lipinski definition) is 1. The first kappa shape index (κ1) is 13.4. The smallest absolute Gasteiger partial charge is 0.0432 e. The Kier molecular flexibility index (Phi) is 3.37. The van der Waals surface area contributed by atoms with Crippen LogP contribution in [0.4, 0.5) is 0 Å². The average molecular weight is 265 g/mol. The fourth-order valence-electron chi connectivity index (χ4n) is 2.94. The number of aromatic nitrogens is 1. The molecule has 0 N–H and O–H groups in total. The largest absolute Gasteiger partial charge is 0.261 e. The average Bonchev–Trinajstić information content (AvgIpc) is 2.43. The van der Waals surface area contributed by atoms with Gasteiger partial charge in [0, 0.05) is 11.9 Å². The fraction of sp³-hybridized carbons (Fsp3) is 0.421. The van der Waals surface area contributed by atoms with Crippen molar-refractivity contribution in [3.63, 3.8) is 0 Å². The monoisotopic (exact) mass is 265 g/mol. The Hall–Kier alpha value is -1.63. The van der Waals surface area contributed by atoms with Crippen molar-refractivity contribution < 1.29 is 0 Å². The first-order valence-corrected chi connectivity index (χ1v) is 7.64. The predicted molar refractivity (Wildman–Crippen MR) is 84.5 cm³/mol. The van der Waals surface area contributed by atoms with Crippen LogP contribution in [0.25, 0.3) is 0 Å². The minimum absolute atomic E-state index is 0.505. The van der Waals surface area contributed by atoms with Crippen LogP contribution in [0.1, 0.15) is 73.0 Å². The maximum absolute atomic E-state index is 4.62. The molecule has 0 unspecified atom stereocenters. The fourth-order valence-corrected chi connectivity index (χ4v) is 2.94. The summed E-state index contributed by atoms with van der Waals surface area (Å²) in [5.41, 5.74) is 8.51. The lowest BCUT2D eigenvalue weighted by atomic mass is 9.84. The topological polar surface area (TPSA) is 12.9 Å². The highest BCUT2D eigenvalue weighted by molar-refractivity contribution is 5.46. The van der Waals surface area contributed by atoms with Crippen molar-refractivity contribution >= 4 is 0 Å². The molecule has 1 aliphatic carbocycles. The maximum atomic E-state index is 4.62. The first-order chi connectivity index (χ1) is 9.54. The van der Waals surface area contributed by atoms with Crippen LogP contribution in [0.15, 0.2) is 30.5 Å². The molecule has 0 saturated carbocycles. The third kappa shape index (κ3) is 2.37. The second kappa shape index (κ2) is 5.05. The number of rotatable bonds is 2. The molecule has 3 rings (SSSR count). The van der Waals surface area contributed by atoms with Crippen molar-refractivity contribution in [2.45, 2.75) is 52.4 Å². The first-order valence-electron chi connectivity index (χ1n) is 7.64. The molecule has 0 fully saturated rings. The van der Waals surface area contributed by atoms with Gasteiger partial charge in [0.15, 0.2) is 0 Å². The maximum Gasteiger partial charge on any atom is 0.0432 e. The van der Waals surface area contributed by atoms with Crippen LogP contribution in [0, 0.1) is 0 Å².